The van der Waals surface area contributed by atoms with Crippen LogP contribution in [0.4, 0.5) is 5.69 Å². The number of piperazine rings is 1. The van der Waals surface area contributed by atoms with Gasteiger partial charge in [-0.15, -0.1) is 0 Å². The molecule has 0 aromatic heterocycles. The Balaban J connectivity index is 1.43. The van der Waals surface area contributed by atoms with E-state index >= 15 is 0 Å². The van der Waals surface area contributed by atoms with E-state index in [0.29, 0.717) is 6.61 Å². The lowest BCUT2D eigenvalue weighted by Gasteiger charge is -2.34. The largest absolute Gasteiger partial charge is 0.497 e. The predicted octanol–water partition coefficient (Wildman–Crippen LogP) is 1.46. The summed E-state index contributed by atoms with van der Waals surface area (Å²) in [7, 11) is 1.69. The van der Waals surface area contributed by atoms with Crippen LogP contribution in [0, 0.1) is 13.8 Å². The lowest BCUT2D eigenvalue weighted by atomic mass is 10.1. The summed E-state index contributed by atoms with van der Waals surface area (Å²) in [6.07, 6.45) is -0.451. The zero-order valence-corrected chi connectivity index (χ0v) is 16.6. The third kappa shape index (κ3) is 5.37. The van der Waals surface area contributed by atoms with Gasteiger partial charge in [0.15, 0.2) is 0 Å². The second kappa shape index (κ2) is 9.11. The molecule has 0 radical (unpaired) electrons. The molecule has 0 aliphatic carbocycles. The number of quaternary nitrogens is 1. The first-order valence-corrected chi connectivity index (χ1v) is 9.66. The number of methoxy groups -OCH3 is 1. The molecular weight excluding hydrogens is 340 g/mol. The van der Waals surface area contributed by atoms with Crippen molar-refractivity contribution >= 4 is 5.69 Å². The Hall–Kier alpha value is -2.24. The molecule has 1 aliphatic heterocycles. The number of benzene rings is 2. The number of ether oxygens (including phenoxy) is 2. The van der Waals surface area contributed by atoms with Crippen molar-refractivity contribution in [3.05, 3.63) is 53.6 Å². The number of aliphatic hydroxyl groups excluding tert-OH is 1. The third-order valence-corrected chi connectivity index (χ3v) is 5.21. The van der Waals surface area contributed by atoms with E-state index in [2.05, 4.69) is 36.1 Å². The molecule has 0 spiro atoms. The highest BCUT2D eigenvalue weighted by Gasteiger charge is 2.23. The van der Waals surface area contributed by atoms with Gasteiger partial charge in [0.1, 0.15) is 30.8 Å². The van der Waals surface area contributed by atoms with Crippen LogP contribution in [0.5, 0.6) is 11.5 Å². The van der Waals surface area contributed by atoms with E-state index in [4.69, 9.17) is 9.47 Å². The molecule has 1 heterocycles. The van der Waals surface area contributed by atoms with Crippen LogP contribution < -0.4 is 19.3 Å². The maximum absolute atomic E-state index is 10.4. The standard InChI is InChI=1S/C22H30N2O3/c1-17-4-5-18(2)22(14-17)27-16-20(25)15-23-10-12-24(13-11-23)19-6-8-21(26-3)9-7-19/h4-9,14,20,25H,10-13,15-16H2,1-3H3/p+1/t20-/m1/s1. The number of hydrogen-bond donors (Lipinski definition) is 2. The van der Waals surface area contributed by atoms with Crippen molar-refractivity contribution in [3.63, 3.8) is 0 Å². The SMILES string of the molecule is COc1ccc(N2CC[NH+](C[C@@H](O)COc3cc(C)ccc3C)CC2)cc1. The van der Waals surface area contributed by atoms with Crippen LogP contribution in [0.15, 0.2) is 42.5 Å². The van der Waals surface area contributed by atoms with E-state index in [-0.39, 0.29) is 0 Å². The molecule has 3 rings (SSSR count). The molecule has 0 saturated carbocycles. The first-order valence-electron chi connectivity index (χ1n) is 9.66. The average Bonchev–Trinajstić information content (AvgIpc) is 2.69. The molecule has 1 aliphatic rings. The van der Waals surface area contributed by atoms with E-state index in [9.17, 15) is 5.11 Å². The minimum Gasteiger partial charge on any atom is -0.497 e. The molecular formula is C22H31N2O3+. The second-order valence-electron chi connectivity index (χ2n) is 7.37. The Morgan fingerprint density at radius 1 is 1.07 bits per heavy atom. The monoisotopic (exact) mass is 371 g/mol. The van der Waals surface area contributed by atoms with Crippen molar-refractivity contribution in [2.75, 3.05) is 51.3 Å². The highest BCUT2D eigenvalue weighted by atomic mass is 16.5. The Bertz CT molecular complexity index is 725. The predicted molar refractivity (Wildman–Crippen MR) is 108 cm³/mol. The van der Waals surface area contributed by atoms with Crippen LogP contribution in [0.2, 0.25) is 0 Å². The molecule has 5 heteroatoms. The molecule has 1 atom stereocenters. The van der Waals surface area contributed by atoms with Gasteiger partial charge in [-0.2, -0.15) is 0 Å². The van der Waals surface area contributed by atoms with Gasteiger partial charge < -0.3 is 24.4 Å². The highest BCUT2D eigenvalue weighted by molar-refractivity contribution is 5.49. The second-order valence-corrected chi connectivity index (χ2v) is 7.37. The highest BCUT2D eigenvalue weighted by Crippen LogP contribution is 2.20. The number of hydrogen-bond acceptors (Lipinski definition) is 4. The number of rotatable bonds is 7. The average molecular weight is 372 g/mol. The van der Waals surface area contributed by atoms with Gasteiger partial charge in [0.2, 0.25) is 0 Å². The lowest BCUT2D eigenvalue weighted by Crippen LogP contribution is -3.16. The molecule has 2 N–H and O–H groups in total. The van der Waals surface area contributed by atoms with E-state index in [1.807, 2.05) is 25.1 Å². The van der Waals surface area contributed by atoms with Crippen LogP contribution in [0.1, 0.15) is 11.1 Å². The van der Waals surface area contributed by atoms with E-state index in [0.717, 1.165) is 49.8 Å². The van der Waals surface area contributed by atoms with Gasteiger partial charge in [-0.1, -0.05) is 12.1 Å². The lowest BCUT2D eigenvalue weighted by molar-refractivity contribution is -0.903. The zero-order valence-electron chi connectivity index (χ0n) is 16.6. The molecule has 2 aromatic rings. The van der Waals surface area contributed by atoms with Gasteiger partial charge in [-0.25, -0.2) is 0 Å². The van der Waals surface area contributed by atoms with E-state index < -0.39 is 6.10 Å². The normalized spacial score (nSPS) is 16.2. The Morgan fingerprint density at radius 2 is 1.78 bits per heavy atom. The van der Waals surface area contributed by atoms with Gasteiger partial charge in [0.05, 0.1) is 33.3 Å². The summed E-state index contributed by atoms with van der Waals surface area (Å²) in [4.78, 5) is 3.82. The summed E-state index contributed by atoms with van der Waals surface area (Å²) in [5.41, 5.74) is 3.51. The molecule has 2 aromatic carbocycles. The minimum absolute atomic E-state index is 0.343. The van der Waals surface area contributed by atoms with Crippen molar-refractivity contribution in [1.29, 1.82) is 0 Å². The fraction of sp³-hybridized carbons (Fsp3) is 0.455. The Kier molecular flexibility index (Phi) is 6.58. The van der Waals surface area contributed by atoms with Crippen LogP contribution in [0.25, 0.3) is 0 Å². The maximum Gasteiger partial charge on any atom is 0.137 e. The molecule has 1 fully saturated rings. The van der Waals surface area contributed by atoms with Gasteiger partial charge in [0, 0.05) is 5.69 Å². The Morgan fingerprint density at radius 3 is 2.44 bits per heavy atom. The molecule has 0 unspecified atom stereocenters. The number of nitrogens with zero attached hydrogens (tertiary/aromatic N) is 1. The van der Waals surface area contributed by atoms with Gasteiger partial charge >= 0.3 is 0 Å². The van der Waals surface area contributed by atoms with Crippen LogP contribution in [-0.2, 0) is 0 Å². The van der Waals surface area contributed by atoms with Crippen LogP contribution in [0.3, 0.4) is 0 Å². The molecule has 5 nitrogen and oxygen atoms in total. The Labute approximate surface area is 162 Å². The molecule has 0 bridgehead atoms. The maximum atomic E-state index is 10.4. The van der Waals surface area contributed by atoms with Crippen molar-refractivity contribution < 1.29 is 19.5 Å². The summed E-state index contributed by atoms with van der Waals surface area (Å²) in [6, 6.07) is 14.4. The smallest absolute Gasteiger partial charge is 0.137 e. The zero-order chi connectivity index (χ0) is 19.2. The topological polar surface area (TPSA) is 46.4 Å². The third-order valence-electron chi connectivity index (χ3n) is 5.21. The summed E-state index contributed by atoms with van der Waals surface area (Å²) >= 11 is 0. The molecule has 0 amide bonds. The number of aliphatic hydroxyl groups is 1. The first kappa shape index (κ1) is 19.5. The van der Waals surface area contributed by atoms with Crippen LogP contribution in [-0.4, -0.2) is 57.7 Å². The van der Waals surface area contributed by atoms with E-state index in [1.165, 1.54) is 16.2 Å². The summed E-state index contributed by atoms with van der Waals surface area (Å²) in [5.74, 6) is 1.75. The fourth-order valence-corrected chi connectivity index (χ4v) is 3.52. The quantitative estimate of drug-likeness (QED) is 0.774. The van der Waals surface area contributed by atoms with Crippen molar-refractivity contribution in [2.45, 2.75) is 20.0 Å². The summed E-state index contributed by atoms with van der Waals surface area (Å²) < 4.78 is 11.1. The van der Waals surface area contributed by atoms with Gasteiger partial charge in [0.25, 0.3) is 0 Å². The van der Waals surface area contributed by atoms with Crippen molar-refractivity contribution in [1.82, 2.24) is 0 Å². The number of aryl methyl sites for hydroxylation is 2. The van der Waals surface area contributed by atoms with E-state index in [1.54, 1.807) is 7.11 Å². The summed E-state index contributed by atoms with van der Waals surface area (Å²) in [5, 5.41) is 10.4. The first-order chi connectivity index (χ1) is 13.0. The van der Waals surface area contributed by atoms with Gasteiger partial charge in [-0.3, -0.25) is 0 Å². The fourth-order valence-electron chi connectivity index (χ4n) is 3.52. The molecule has 27 heavy (non-hydrogen) atoms. The van der Waals surface area contributed by atoms with Crippen molar-refractivity contribution in [2.24, 2.45) is 0 Å². The molecule has 1 saturated heterocycles. The van der Waals surface area contributed by atoms with Gasteiger partial charge in [-0.05, 0) is 55.3 Å². The number of anilines is 1. The van der Waals surface area contributed by atoms with Crippen molar-refractivity contribution in [3.8, 4) is 11.5 Å². The summed E-state index contributed by atoms with van der Waals surface area (Å²) in [6.45, 7) is 9.18. The van der Waals surface area contributed by atoms with Crippen LogP contribution >= 0.6 is 0 Å². The molecule has 146 valence electrons. The number of nitrogens with one attached hydrogen (secondary N) is 1. The minimum atomic E-state index is -0.451.